The van der Waals surface area contributed by atoms with E-state index in [4.69, 9.17) is 11.6 Å². The van der Waals surface area contributed by atoms with Crippen LogP contribution in [0.3, 0.4) is 0 Å². The van der Waals surface area contributed by atoms with E-state index in [2.05, 4.69) is 10.3 Å². The van der Waals surface area contributed by atoms with Crippen LogP contribution >= 0.6 is 11.6 Å². The molecule has 1 aromatic heterocycles. The molecule has 1 heterocycles. The first kappa shape index (κ1) is 15.6. The fourth-order valence-corrected chi connectivity index (χ4v) is 2.53. The Labute approximate surface area is 134 Å². The number of allylic oxidation sites excluding steroid dienone is 6. The Kier molecular flexibility index (Phi) is 3.85. The SMILES string of the molecule is O=C(NCc1ncc(C(F)(F)F)cc1Cl)C1=C2C=CC=C2C=C1. The number of hydrogen-bond donors (Lipinski definition) is 1. The second-order valence-electron chi connectivity index (χ2n) is 4.97. The van der Waals surface area contributed by atoms with Crippen molar-refractivity contribution in [2.24, 2.45) is 0 Å². The third-order valence-electron chi connectivity index (χ3n) is 3.48. The summed E-state index contributed by atoms with van der Waals surface area (Å²) in [7, 11) is 0. The monoisotopic (exact) mass is 338 g/mol. The first-order chi connectivity index (χ1) is 10.9. The molecular weight excluding hydrogens is 329 g/mol. The molecule has 0 fully saturated rings. The predicted octanol–water partition coefficient (Wildman–Crippen LogP) is 3.73. The van der Waals surface area contributed by atoms with Gasteiger partial charge in [0.05, 0.1) is 22.8 Å². The number of nitrogens with zero attached hydrogens (tertiary/aromatic N) is 1. The number of carbonyl (C=O) groups excluding carboxylic acids is 1. The number of carbonyl (C=O) groups is 1. The number of hydrogen-bond acceptors (Lipinski definition) is 2. The standard InChI is InChI=1S/C16H10ClF3N2O/c17-13-6-10(16(18,19)20)7-21-14(13)8-22-15(23)12-5-4-9-2-1-3-11(9)12/h1-7H,8H2,(H,22,23). The number of halogens is 4. The van der Waals surface area contributed by atoms with E-state index in [-0.39, 0.29) is 23.2 Å². The molecule has 0 saturated heterocycles. The molecule has 0 aromatic carbocycles. The van der Waals surface area contributed by atoms with Crippen molar-refractivity contribution in [2.75, 3.05) is 0 Å². The van der Waals surface area contributed by atoms with E-state index in [0.29, 0.717) is 11.8 Å². The molecule has 0 aliphatic heterocycles. The van der Waals surface area contributed by atoms with Crippen molar-refractivity contribution < 1.29 is 18.0 Å². The maximum Gasteiger partial charge on any atom is 0.417 e. The molecule has 2 aliphatic rings. The minimum Gasteiger partial charge on any atom is -0.346 e. The number of aromatic nitrogens is 1. The van der Waals surface area contributed by atoms with Crippen molar-refractivity contribution in [1.82, 2.24) is 10.3 Å². The molecule has 0 saturated carbocycles. The van der Waals surface area contributed by atoms with Gasteiger partial charge in [-0.1, -0.05) is 35.9 Å². The summed E-state index contributed by atoms with van der Waals surface area (Å²) < 4.78 is 37.6. The van der Waals surface area contributed by atoms with Crippen molar-refractivity contribution in [1.29, 1.82) is 0 Å². The second-order valence-corrected chi connectivity index (χ2v) is 5.38. The minimum absolute atomic E-state index is 0.0524. The summed E-state index contributed by atoms with van der Waals surface area (Å²) >= 11 is 5.81. The summed E-state index contributed by atoms with van der Waals surface area (Å²) in [5.41, 5.74) is 1.55. The quantitative estimate of drug-likeness (QED) is 0.912. The molecule has 1 aromatic rings. The summed E-state index contributed by atoms with van der Waals surface area (Å²) in [5, 5.41) is 2.48. The second kappa shape index (κ2) is 5.70. The van der Waals surface area contributed by atoms with Crippen LogP contribution in [0, 0.1) is 0 Å². The molecule has 1 N–H and O–H groups in total. The van der Waals surface area contributed by atoms with Gasteiger partial charge in [0.2, 0.25) is 0 Å². The molecule has 3 rings (SSSR count). The van der Waals surface area contributed by atoms with Crippen LogP contribution in [0.25, 0.3) is 0 Å². The fraction of sp³-hybridized carbons (Fsp3) is 0.125. The van der Waals surface area contributed by atoms with Crippen LogP contribution in [0.5, 0.6) is 0 Å². The van der Waals surface area contributed by atoms with E-state index in [1.807, 2.05) is 24.3 Å². The van der Waals surface area contributed by atoms with Gasteiger partial charge < -0.3 is 5.32 Å². The first-order valence-corrected chi connectivity index (χ1v) is 7.05. The number of nitrogens with one attached hydrogen (secondary N) is 1. The average molecular weight is 339 g/mol. The highest BCUT2D eigenvalue weighted by Crippen LogP contribution is 2.31. The van der Waals surface area contributed by atoms with E-state index in [1.165, 1.54) is 0 Å². The van der Waals surface area contributed by atoms with E-state index < -0.39 is 11.7 Å². The lowest BCUT2D eigenvalue weighted by Gasteiger charge is -2.10. The van der Waals surface area contributed by atoms with Gasteiger partial charge in [-0.25, -0.2) is 0 Å². The molecule has 0 radical (unpaired) electrons. The van der Waals surface area contributed by atoms with Crippen LogP contribution in [-0.2, 0) is 17.5 Å². The van der Waals surface area contributed by atoms with E-state index >= 15 is 0 Å². The zero-order valence-electron chi connectivity index (χ0n) is 11.6. The van der Waals surface area contributed by atoms with Crippen LogP contribution in [0.2, 0.25) is 5.02 Å². The third-order valence-corrected chi connectivity index (χ3v) is 3.80. The lowest BCUT2D eigenvalue weighted by molar-refractivity contribution is -0.137. The number of amides is 1. The van der Waals surface area contributed by atoms with Gasteiger partial charge in [0.25, 0.3) is 5.91 Å². The van der Waals surface area contributed by atoms with Gasteiger partial charge in [-0.15, -0.1) is 0 Å². The van der Waals surface area contributed by atoms with Crippen LogP contribution in [-0.4, -0.2) is 10.9 Å². The maximum atomic E-state index is 12.5. The summed E-state index contributed by atoms with van der Waals surface area (Å²) in [6, 6.07) is 0.800. The van der Waals surface area contributed by atoms with E-state index in [9.17, 15) is 18.0 Å². The lowest BCUT2D eigenvalue weighted by atomic mass is 10.1. The van der Waals surface area contributed by atoms with Crippen LogP contribution < -0.4 is 5.32 Å². The zero-order chi connectivity index (χ0) is 16.6. The molecule has 0 bridgehead atoms. The number of pyridine rings is 1. The van der Waals surface area contributed by atoms with Gasteiger partial charge in [0, 0.05) is 11.8 Å². The van der Waals surface area contributed by atoms with Crippen molar-refractivity contribution in [2.45, 2.75) is 12.7 Å². The van der Waals surface area contributed by atoms with Crippen LogP contribution in [0.4, 0.5) is 13.2 Å². The van der Waals surface area contributed by atoms with Crippen molar-refractivity contribution >= 4 is 17.5 Å². The summed E-state index contributed by atoms with van der Waals surface area (Å²) in [5.74, 6) is -0.330. The van der Waals surface area contributed by atoms with Crippen LogP contribution in [0.15, 0.2) is 59.4 Å². The number of fused-ring (bicyclic) bond motifs is 1. The highest BCUT2D eigenvalue weighted by Gasteiger charge is 2.31. The van der Waals surface area contributed by atoms with Gasteiger partial charge >= 0.3 is 6.18 Å². The number of rotatable bonds is 3. The molecule has 1 amide bonds. The summed E-state index contributed by atoms with van der Waals surface area (Å²) in [4.78, 5) is 15.9. The Bertz CT molecular complexity index is 804. The highest BCUT2D eigenvalue weighted by atomic mass is 35.5. The van der Waals surface area contributed by atoms with Crippen molar-refractivity contribution in [3.05, 3.63) is 75.6 Å². The highest BCUT2D eigenvalue weighted by molar-refractivity contribution is 6.31. The first-order valence-electron chi connectivity index (χ1n) is 6.67. The topological polar surface area (TPSA) is 42.0 Å². The van der Waals surface area contributed by atoms with Crippen molar-refractivity contribution in [3.63, 3.8) is 0 Å². The molecule has 0 spiro atoms. The summed E-state index contributed by atoms with van der Waals surface area (Å²) in [6.07, 6.45) is 5.28. The predicted molar refractivity (Wildman–Crippen MR) is 79.5 cm³/mol. The molecule has 3 nitrogen and oxygen atoms in total. The van der Waals surface area contributed by atoms with Crippen LogP contribution in [0.1, 0.15) is 11.3 Å². The van der Waals surface area contributed by atoms with Crippen molar-refractivity contribution in [3.8, 4) is 0 Å². The number of alkyl halides is 3. The van der Waals surface area contributed by atoms with E-state index in [1.54, 1.807) is 6.08 Å². The Hall–Kier alpha value is -2.34. The van der Waals surface area contributed by atoms with E-state index in [0.717, 1.165) is 17.2 Å². The van der Waals surface area contributed by atoms with Gasteiger partial charge in [0.1, 0.15) is 0 Å². The van der Waals surface area contributed by atoms with Gasteiger partial charge in [0.15, 0.2) is 0 Å². The molecular formula is C16H10ClF3N2O. The summed E-state index contributed by atoms with van der Waals surface area (Å²) in [6.45, 7) is -0.0524. The Morgan fingerprint density at radius 3 is 2.74 bits per heavy atom. The van der Waals surface area contributed by atoms with Gasteiger partial charge in [-0.2, -0.15) is 13.2 Å². The largest absolute Gasteiger partial charge is 0.417 e. The van der Waals surface area contributed by atoms with Gasteiger partial charge in [-0.3, -0.25) is 9.78 Å². The third kappa shape index (κ3) is 3.07. The average Bonchev–Trinajstić information content (AvgIpc) is 3.07. The Morgan fingerprint density at radius 2 is 2.04 bits per heavy atom. The molecule has 0 atom stereocenters. The molecule has 23 heavy (non-hydrogen) atoms. The minimum atomic E-state index is -4.50. The smallest absolute Gasteiger partial charge is 0.346 e. The normalized spacial score (nSPS) is 15.9. The molecule has 2 aliphatic carbocycles. The fourth-order valence-electron chi connectivity index (χ4n) is 2.30. The Morgan fingerprint density at radius 1 is 1.26 bits per heavy atom. The molecule has 7 heteroatoms. The maximum absolute atomic E-state index is 12.5. The molecule has 118 valence electrons. The molecule has 0 unspecified atom stereocenters. The zero-order valence-corrected chi connectivity index (χ0v) is 12.4. The lowest BCUT2D eigenvalue weighted by Crippen LogP contribution is -2.25. The Balaban J connectivity index is 1.71. The van der Waals surface area contributed by atoms with Gasteiger partial charge in [-0.05, 0) is 23.3 Å².